The quantitative estimate of drug-likeness (QED) is 0.230. The molecular weight excluding hydrogens is 755 g/mol. The van der Waals surface area contributed by atoms with E-state index in [2.05, 4.69) is 71.3 Å². The Labute approximate surface area is 355 Å². The number of carbonyl (C=O) groups is 1. The number of sulfonamides is 1. The number of hydrogen-bond donors (Lipinski definition) is 2. The van der Waals surface area contributed by atoms with Crippen molar-refractivity contribution in [3.8, 4) is 5.75 Å². The summed E-state index contributed by atoms with van der Waals surface area (Å²) in [5.74, 6) is 2.02. The molecule has 1 heterocycles. The van der Waals surface area contributed by atoms with E-state index < -0.39 is 16.0 Å². The number of carboxylic acid groups (broad SMARTS) is 1. The third-order valence-electron chi connectivity index (χ3n) is 18.8. The molecule has 5 fully saturated rings. The maximum atomic E-state index is 13.4. The molecule has 5 aliphatic carbocycles. The van der Waals surface area contributed by atoms with Crippen LogP contribution in [-0.2, 0) is 10.0 Å². The van der Waals surface area contributed by atoms with Gasteiger partial charge in [-0.15, -0.1) is 0 Å². The molecule has 1 saturated heterocycles. The van der Waals surface area contributed by atoms with E-state index in [1.165, 1.54) is 68.1 Å². The van der Waals surface area contributed by atoms with E-state index in [1.54, 1.807) is 47.8 Å². The van der Waals surface area contributed by atoms with Crippen molar-refractivity contribution in [1.29, 1.82) is 0 Å². The molecule has 2 aromatic rings. The van der Waals surface area contributed by atoms with E-state index in [9.17, 15) is 18.3 Å². The minimum absolute atomic E-state index is 0.0136. The summed E-state index contributed by atoms with van der Waals surface area (Å²) in [5.41, 5.74) is 5.10. The fourth-order valence-electron chi connectivity index (χ4n) is 15.5. The Balaban J connectivity index is 0.990. The van der Waals surface area contributed by atoms with Crippen LogP contribution >= 0.6 is 0 Å². The van der Waals surface area contributed by atoms with Crippen LogP contribution < -0.4 is 10.1 Å². The predicted molar refractivity (Wildman–Crippen MR) is 237 cm³/mol. The summed E-state index contributed by atoms with van der Waals surface area (Å²) in [6.07, 6.45) is 13.5. The average molecular weight is 826 g/mol. The maximum Gasteiger partial charge on any atom is 0.335 e. The number of piperazine rings is 1. The van der Waals surface area contributed by atoms with Gasteiger partial charge in [0.1, 0.15) is 5.75 Å². The highest BCUT2D eigenvalue weighted by atomic mass is 32.2. The normalized spacial score (nSPS) is 38.3. The molecule has 0 bridgehead atoms. The van der Waals surface area contributed by atoms with Crippen LogP contribution in [0.15, 0.2) is 71.7 Å². The molecule has 8 nitrogen and oxygen atoms in total. The molecule has 9 unspecified atom stereocenters. The van der Waals surface area contributed by atoms with Crippen LogP contribution in [0.2, 0.25) is 0 Å². The summed E-state index contributed by atoms with van der Waals surface area (Å²) in [4.78, 5) is 14.4. The highest BCUT2D eigenvalue weighted by Crippen LogP contribution is 2.80. The molecule has 0 aromatic heterocycles. The highest BCUT2D eigenvalue weighted by Gasteiger charge is 2.74. The zero-order chi connectivity index (χ0) is 42.4. The Morgan fingerprint density at radius 3 is 2.12 bits per heavy atom. The molecule has 322 valence electrons. The maximum absolute atomic E-state index is 13.4. The van der Waals surface area contributed by atoms with Crippen molar-refractivity contribution in [1.82, 2.24) is 14.5 Å². The topological polar surface area (TPSA) is 99.2 Å². The predicted octanol–water partition coefficient (Wildman–Crippen LogP) is 9.78. The number of aromatic carboxylic acids is 1. The summed E-state index contributed by atoms with van der Waals surface area (Å²) in [6, 6.07) is 14.3. The van der Waals surface area contributed by atoms with Crippen LogP contribution in [0.25, 0.3) is 5.57 Å². The lowest BCUT2D eigenvalue weighted by Gasteiger charge is -2.75. The number of carboxylic acids is 1. The number of fused-ring (bicyclic) bond motifs is 7. The molecule has 6 aliphatic rings. The van der Waals surface area contributed by atoms with Crippen molar-refractivity contribution in [2.24, 2.45) is 50.7 Å². The third-order valence-corrected chi connectivity index (χ3v) is 20.7. The highest BCUT2D eigenvalue weighted by molar-refractivity contribution is 7.89. The third kappa shape index (κ3) is 6.44. The van der Waals surface area contributed by atoms with Crippen LogP contribution in [0.3, 0.4) is 0 Å². The second-order valence-electron chi connectivity index (χ2n) is 21.3. The standard InChI is InChI=1S/C50H71N3O5S/c1-34(2)39-18-25-50(51-28-29-52-30-32-53(33-31-52)59(56,57)38-16-14-37(58-9)15-17-38)27-26-49(8)47(6)23-20-41-45(3,4)40(35-10-12-36(13-11-35)44(54)55)19-22-46(41,5)42(47)21-24-48(49,7)43(39)50/h10-17,19,39,41-43,51H,1,18,20-33H2,2-9H3,(H,54,55). The first kappa shape index (κ1) is 42.7. The Morgan fingerprint density at radius 1 is 0.847 bits per heavy atom. The molecule has 4 saturated carbocycles. The number of nitrogens with zero attached hydrogens (tertiary/aromatic N) is 2. The van der Waals surface area contributed by atoms with Crippen molar-refractivity contribution in [3.05, 3.63) is 77.9 Å². The lowest BCUT2D eigenvalue weighted by Crippen LogP contribution is -2.71. The Morgan fingerprint density at radius 2 is 1.49 bits per heavy atom. The molecule has 2 aromatic carbocycles. The summed E-state index contributed by atoms with van der Waals surface area (Å²) in [6.45, 7) is 27.0. The lowest BCUT2D eigenvalue weighted by atomic mass is 9.29. The van der Waals surface area contributed by atoms with E-state index in [1.807, 2.05) is 12.1 Å². The van der Waals surface area contributed by atoms with Gasteiger partial charge >= 0.3 is 5.97 Å². The molecule has 0 spiro atoms. The fraction of sp³-hybridized carbons (Fsp3) is 0.660. The zero-order valence-electron chi connectivity index (χ0n) is 37.2. The van der Waals surface area contributed by atoms with Crippen LogP contribution in [0, 0.1) is 50.7 Å². The van der Waals surface area contributed by atoms with Gasteiger partial charge in [-0.25, -0.2) is 13.2 Å². The van der Waals surface area contributed by atoms with Gasteiger partial charge in [0.2, 0.25) is 10.0 Å². The summed E-state index contributed by atoms with van der Waals surface area (Å²) < 4.78 is 33.8. The van der Waals surface area contributed by atoms with Crippen LogP contribution in [0.5, 0.6) is 5.75 Å². The minimum atomic E-state index is -3.54. The van der Waals surface area contributed by atoms with Gasteiger partial charge in [0, 0.05) is 44.8 Å². The molecule has 2 N–H and O–H groups in total. The van der Waals surface area contributed by atoms with E-state index in [-0.39, 0.29) is 32.6 Å². The average Bonchev–Trinajstić information content (AvgIpc) is 3.60. The van der Waals surface area contributed by atoms with Gasteiger partial charge in [0.05, 0.1) is 17.6 Å². The van der Waals surface area contributed by atoms with Crippen molar-refractivity contribution < 1.29 is 23.1 Å². The number of benzene rings is 2. The monoisotopic (exact) mass is 826 g/mol. The molecule has 0 radical (unpaired) electrons. The van der Waals surface area contributed by atoms with Crippen LogP contribution in [-0.4, -0.2) is 80.6 Å². The summed E-state index contributed by atoms with van der Waals surface area (Å²) in [5, 5.41) is 13.8. The lowest BCUT2D eigenvalue weighted by molar-refractivity contribution is -0.256. The number of methoxy groups -OCH3 is 1. The first-order valence-electron chi connectivity index (χ1n) is 22.6. The van der Waals surface area contributed by atoms with E-state index in [0.717, 1.165) is 32.6 Å². The first-order chi connectivity index (χ1) is 27.8. The van der Waals surface area contributed by atoms with E-state index in [4.69, 9.17) is 4.74 Å². The van der Waals surface area contributed by atoms with Crippen molar-refractivity contribution >= 4 is 21.6 Å². The van der Waals surface area contributed by atoms with Crippen molar-refractivity contribution in [2.45, 2.75) is 117 Å². The largest absolute Gasteiger partial charge is 0.497 e. The summed E-state index contributed by atoms with van der Waals surface area (Å²) in [7, 11) is -1.95. The molecule has 8 rings (SSSR count). The number of rotatable bonds is 10. The number of hydrogen-bond acceptors (Lipinski definition) is 6. The number of nitrogens with one attached hydrogen (secondary N) is 1. The van der Waals surface area contributed by atoms with Gasteiger partial charge in [-0.1, -0.05) is 71.9 Å². The second-order valence-corrected chi connectivity index (χ2v) is 23.2. The van der Waals surface area contributed by atoms with Gasteiger partial charge in [0.25, 0.3) is 0 Å². The molecule has 1 aliphatic heterocycles. The Hall–Kier alpha value is -2.98. The molecule has 59 heavy (non-hydrogen) atoms. The minimum Gasteiger partial charge on any atom is -0.497 e. The molecule has 9 heteroatoms. The number of ether oxygens (including phenoxy) is 1. The smallest absolute Gasteiger partial charge is 0.335 e. The van der Waals surface area contributed by atoms with Gasteiger partial charge in [-0.2, -0.15) is 4.31 Å². The molecule has 9 atom stereocenters. The molecular formula is C50H71N3O5S. The molecule has 0 amide bonds. The number of allylic oxidation sites excluding steroid dienone is 3. The zero-order valence-corrected chi connectivity index (χ0v) is 38.0. The van der Waals surface area contributed by atoms with Crippen LogP contribution in [0.1, 0.15) is 122 Å². The Kier molecular flexibility index (Phi) is 10.7. The van der Waals surface area contributed by atoms with Crippen molar-refractivity contribution in [2.75, 3.05) is 46.4 Å². The van der Waals surface area contributed by atoms with E-state index >= 15 is 0 Å². The van der Waals surface area contributed by atoms with E-state index in [0.29, 0.717) is 53.0 Å². The van der Waals surface area contributed by atoms with Crippen LogP contribution in [0.4, 0.5) is 0 Å². The second kappa shape index (κ2) is 14.8. The summed E-state index contributed by atoms with van der Waals surface area (Å²) >= 11 is 0. The van der Waals surface area contributed by atoms with Gasteiger partial charge in [0.15, 0.2) is 0 Å². The van der Waals surface area contributed by atoms with Crippen molar-refractivity contribution in [3.63, 3.8) is 0 Å². The Bertz CT molecular complexity index is 2090. The van der Waals surface area contributed by atoms with Gasteiger partial charge < -0.3 is 15.2 Å². The van der Waals surface area contributed by atoms with Gasteiger partial charge in [-0.05, 0) is 163 Å². The first-order valence-corrected chi connectivity index (χ1v) is 24.0. The fourth-order valence-corrected chi connectivity index (χ4v) is 16.9. The van der Waals surface area contributed by atoms with Gasteiger partial charge in [-0.3, -0.25) is 4.90 Å². The SMILES string of the molecule is C=C(C)C1CCC2(NCCN3CCN(S(=O)(=O)c4ccc(OC)cc4)CC3)CCC3(C)C(C)(CCC4C5(C)CC=C(c6ccc(C(=O)O)cc6)C(C)(C)C5CCC43C)C12.